The lowest BCUT2D eigenvalue weighted by Gasteiger charge is -2.37. The minimum absolute atomic E-state index is 0.123. The smallest absolute Gasteiger partial charge is 0.408 e. The van der Waals surface area contributed by atoms with Gasteiger partial charge in [0.1, 0.15) is 17.7 Å². The Morgan fingerprint density at radius 3 is 2.30 bits per heavy atom. The maximum absolute atomic E-state index is 14.2. The molecule has 1 aromatic carbocycles. The van der Waals surface area contributed by atoms with Gasteiger partial charge in [-0.1, -0.05) is 70.2 Å². The molecule has 3 unspecified atom stereocenters. The molecule has 0 aliphatic heterocycles. The first-order chi connectivity index (χ1) is 17.4. The third-order valence-electron chi connectivity index (χ3n) is 7.14. The number of rotatable bonds is 10. The first kappa shape index (κ1) is 30.7. The van der Waals surface area contributed by atoms with Gasteiger partial charge in [0.2, 0.25) is 11.8 Å². The standard InChI is InChI=1S/C30H49N3O4/c1-9-18-33(28(35)25(21(4)10-2)32-29(36)37-30(6,7)8)26(24-19-20(3)16-17-22(24)5)27(34)31-23-14-12-11-13-15-23/h16-17,19,21,23,25-26H,9-15,18H2,1-8H3,(H,31,34)(H,32,36). The number of carbonyl (C=O) groups excluding carboxylic acids is 3. The number of benzene rings is 1. The van der Waals surface area contributed by atoms with Gasteiger partial charge in [-0.15, -0.1) is 0 Å². The topological polar surface area (TPSA) is 87.7 Å². The van der Waals surface area contributed by atoms with E-state index in [0.717, 1.165) is 42.4 Å². The van der Waals surface area contributed by atoms with Gasteiger partial charge in [0.05, 0.1) is 0 Å². The fraction of sp³-hybridized carbons (Fsp3) is 0.700. The Morgan fingerprint density at radius 1 is 1.08 bits per heavy atom. The van der Waals surface area contributed by atoms with Crippen LogP contribution in [0.5, 0.6) is 0 Å². The second-order valence-electron chi connectivity index (χ2n) is 11.6. The molecule has 0 bridgehead atoms. The van der Waals surface area contributed by atoms with Gasteiger partial charge in [0.25, 0.3) is 0 Å². The van der Waals surface area contributed by atoms with E-state index >= 15 is 0 Å². The molecular weight excluding hydrogens is 466 g/mol. The molecule has 0 heterocycles. The maximum atomic E-state index is 14.2. The van der Waals surface area contributed by atoms with Gasteiger partial charge in [-0.2, -0.15) is 0 Å². The predicted molar refractivity (Wildman–Crippen MR) is 148 cm³/mol. The van der Waals surface area contributed by atoms with Crippen molar-refractivity contribution in [2.45, 2.75) is 124 Å². The highest BCUT2D eigenvalue weighted by atomic mass is 16.6. The van der Waals surface area contributed by atoms with E-state index in [1.54, 1.807) is 25.7 Å². The van der Waals surface area contributed by atoms with Crippen LogP contribution < -0.4 is 10.6 Å². The average Bonchev–Trinajstić information content (AvgIpc) is 2.83. The van der Waals surface area contributed by atoms with Crippen LogP contribution in [-0.2, 0) is 14.3 Å². The molecule has 0 spiro atoms. The molecule has 3 amide bonds. The summed E-state index contributed by atoms with van der Waals surface area (Å²) in [4.78, 5) is 42.6. The van der Waals surface area contributed by atoms with E-state index in [1.807, 2.05) is 52.8 Å². The third kappa shape index (κ3) is 9.04. The number of ether oxygens (including phenoxy) is 1. The minimum Gasteiger partial charge on any atom is -0.444 e. The van der Waals surface area contributed by atoms with Gasteiger partial charge in [-0.3, -0.25) is 9.59 Å². The van der Waals surface area contributed by atoms with E-state index in [4.69, 9.17) is 4.74 Å². The summed E-state index contributed by atoms with van der Waals surface area (Å²) in [6.07, 6.45) is 6.07. The molecule has 0 radical (unpaired) electrons. The second kappa shape index (κ2) is 13.8. The Kier molecular flexibility index (Phi) is 11.5. The molecule has 2 rings (SSSR count). The molecule has 208 valence electrons. The number of aryl methyl sites for hydroxylation is 2. The highest BCUT2D eigenvalue weighted by molar-refractivity contribution is 5.92. The Hall–Kier alpha value is -2.57. The molecule has 1 fully saturated rings. The van der Waals surface area contributed by atoms with E-state index in [2.05, 4.69) is 10.6 Å². The Bertz CT molecular complexity index is 918. The van der Waals surface area contributed by atoms with Gasteiger partial charge in [-0.25, -0.2) is 4.79 Å². The normalized spacial score (nSPS) is 16.9. The summed E-state index contributed by atoms with van der Waals surface area (Å²) in [5.41, 5.74) is 2.14. The van der Waals surface area contributed by atoms with Gasteiger partial charge < -0.3 is 20.3 Å². The van der Waals surface area contributed by atoms with Crippen molar-refractivity contribution in [1.82, 2.24) is 15.5 Å². The molecule has 0 saturated heterocycles. The Labute approximate surface area is 224 Å². The average molecular weight is 516 g/mol. The molecular formula is C30H49N3O4. The fourth-order valence-corrected chi connectivity index (χ4v) is 4.94. The first-order valence-electron chi connectivity index (χ1n) is 14.0. The summed E-state index contributed by atoms with van der Waals surface area (Å²) >= 11 is 0. The van der Waals surface area contributed by atoms with Crippen LogP contribution in [0.3, 0.4) is 0 Å². The van der Waals surface area contributed by atoms with Crippen LogP contribution in [0.2, 0.25) is 0 Å². The van der Waals surface area contributed by atoms with Crippen molar-refractivity contribution < 1.29 is 19.1 Å². The largest absolute Gasteiger partial charge is 0.444 e. The lowest BCUT2D eigenvalue weighted by molar-refractivity contribution is -0.143. The number of hydrogen-bond donors (Lipinski definition) is 2. The number of alkyl carbamates (subject to hydrolysis) is 1. The SMILES string of the molecule is CCCN(C(=O)C(NC(=O)OC(C)(C)C)C(C)CC)C(C(=O)NC1CCCCC1)c1cc(C)ccc1C. The quantitative estimate of drug-likeness (QED) is 0.402. The van der Waals surface area contributed by atoms with Gasteiger partial charge in [0, 0.05) is 12.6 Å². The van der Waals surface area contributed by atoms with Gasteiger partial charge >= 0.3 is 6.09 Å². The van der Waals surface area contributed by atoms with E-state index in [1.165, 1.54) is 6.42 Å². The van der Waals surface area contributed by atoms with E-state index in [-0.39, 0.29) is 23.8 Å². The summed E-state index contributed by atoms with van der Waals surface area (Å²) < 4.78 is 5.48. The maximum Gasteiger partial charge on any atom is 0.408 e. The van der Waals surface area contributed by atoms with Gasteiger partial charge in [-0.05, 0) is 70.9 Å². The number of nitrogens with one attached hydrogen (secondary N) is 2. The van der Waals surface area contributed by atoms with Crippen LogP contribution in [0.15, 0.2) is 18.2 Å². The molecule has 7 nitrogen and oxygen atoms in total. The second-order valence-corrected chi connectivity index (χ2v) is 11.6. The highest BCUT2D eigenvalue weighted by Gasteiger charge is 2.38. The Morgan fingerprint density at radius 2 is 1.73 bits per heavy atom. The van der Waals surface area contributed by atoms with Crippen molar-refractivity contribution in [3.05, 3.63) is 34.9 Å². The van der Waals surface area contributed by atoms with Crippen LogP contribution in [0, 0.1) is 19.8 Å². The minimum atomic E-state index is -0.804. The molecule has 1 aliphatic rings. The molecule has 37 heavy (non-hydrogen) atoms. The van der Waals surface area contributed by atoms with E-state index in [9.17, 15) is 14.4 Å². The van der Waals surface area contributed by atoms with Crippen molar-refractivity contribution in [2.75, 3.05) is 6.54 Å². The van der Waals surface area contributed by atoms with Crippen LogP contribution in [0.1, 0.15) is 109 Å². The number of nitrogens with zero attached hydrogens (tertiary/aromatic N) is 1. The molecule has 1 saturated carbocycles. The molecule has 2 N–H and O–H groups in total. The van der Waals surface area contributed by atoms with Crippen molar-refractivity contribution in [3.63, 3.8) is 0 Å². The van der Waals surface area contributed by atoms with Crippen LogP contribution >= 0.6 is 0 Å². The lowest BCUT2D eigenvalue weighted by atomic mass is 9.92. The van der Waals surface area contributed by atoms with Gasteiger partial charge in [0.15, 0.2) is 0 Å². The highest BCUT2D eigenvalue weighted by Crippen LogP contribution is 2.29. The molecule has 0 aromatic heterocycles. The summed E-state index contributed by atoms with van der Waals surface area (Å²) in [5, 5.41) is 6.10. The zero-order valence-corrected chi connectivity index (χ0v) is 24.3. The zero-order valence-electron chi connectivity index (χ0n) is 24.3. The van der Waals surface area contributed by atoms with E-state index < -0.39 is 23.8 Å². The van der Waals surface area contributed by atoms with Crippen molar-refractivity contribution in [1.29, 1.82) is 0 Å². The predicted octanol–water partition coefficient (Wildman–Crippen LogP) is 5.97. The number of amides is 3. The van der Waals surface area contributed by atoms with Crippen LogP contribution in [0.4, 0.5) is 4.79 Å². The molecule has 3 atom stereocenters. The van der Waals surface area contributed by atoms with Crippen molar-refractivity contribution in [2.24, 2.45) is 5.92 Å². The summed E-state index contributed by atoms with van der Waals surface area (Å²) in [7, 11) is 0. The summed E-state index contributed by atoms with van der Waals surface area (Å²) in [6, 6.07) is 4.58. The van der Waals surface area contributed by atoms with E-state index in [0.29, 0.717) is 19.4 Å². The molecule has 1 aliphatic carbocycles. The summed E-state index contributed by atoms with van der Waals surface area (Å²) in [6.45, 7) is 15.7. The van der Waals surface area contributed by atoms with Crippen molar-refractivity contribution in [3.8, 4) is 0 Å². The number of hydrogen-bond acceptors (Lipinski definition) is 4. The third-order valence-corrected chi connectivity index (χ3v) is 7.14. The van der Waals surface area contributed by atoms with Crippen LogP contribution in [0.25, 0.3) is 0 Å². The lowest BCUT2D eigenvalue weighted by Crippen LogP contribution is -2.56. The monoisotopic (exact) mass is 515 g/mol. The zero-order chi connectivity index (χ0) is 27.8. The fourth-order valence-electron chi connectivity index (χ4n) is 4.94. The van der Waals surface area contributed by atoms with Crippen LogP contribution in [-0.4, -0.2) is 47.0 Å². The molecule has 7 heteroatoms. The first-order valence-corrected chi connectivity index (χ1v) is 14.0. The molecule has 1 aromatic rings. The summed E-state index contributed by atoms with van der Waals surface area (Å²) in [5.74, 6) is -0.547. The number of carbonyl (C=O) groups is 3. The van der Waals surface area contributed by atoms with Crippen molar-refractivity contribution >= 4 is 17.9 Å². The Balaban J connectivity index is 2.49.